The van der Waals surface area contributed by atoms with Crippen molar-refractivity contribution >= 4 is 11.8 Å². The van der Waals surface area contributed by atoms with Crippen molar-refractivity contribution in [3.05, 3.63) is 53.0 Å². The fourth-order valence-corrected chi connectivity index (χ4v) is 5.12. The number of carbonyl (C=O) groups excluding carboxylic acids is 2. The first-order valence-corrected chi connectivity index (χ1v) is 11.3. The van der Waals surface area contributed by atoms with E-state index in [1.807, 2.05) is 24.3 Å². The highest BCUT2D eigenvalue weighted by Gasteiger charge is 2.48. The third-order valence-electron chi connectivity index (χ3n) is 6.95. The molecule has 0 spiro atoms. The number of aliphatic hydroxyl groups is 1. The molecule has 174 valence electrons. The Morgan fingerprint density at radius 1 is 1.24 bits per heavy atom. The standard InChI is InChI=1S/C24H23N5O5/c1-29-8-7-24(32,23(29)31)18-11-15(28-34-18)12-3-2-4-13(9-12)22-26-16-10-14-5-6-17(33-14)19(16)20(27-22)21(25)30/h2-4,9,11,14,17,32H,5-8,10H2,1H3,(H2,25,30)/t14-,17?,24-/m0/s1. The summed E-state index contributed by atoms with van der Waals surface area (Å²) in [5.41, 5.74) is 7.51. The Morgan fingerprint density at radius 3 is 2.82 bits per heavy atom. The van der Waals surface area contributed by atoms with Crippen LogP contribution in [0.25, 0.3) is 22.6 Å². The number of likely N-dealkylation sites (tertiary alicyclic amines) is 1. The van der Waals surface area contributed by atoms with Crippen molar-refractivity contribution in [3.63, 3.8) is 0 Å². The molecular formula is C24H23N5O5. The Balaban J connectivity index is 1.38. The molecule has 5 heterocycles. The number of aromatic nitrogens is 3. The second kappa shape index (κ2) is 7.44. The van der Waals surface area contributed by atoms with Crippen LogP contribution in [-0.2, 0) is 21.6 Å². The van der Waals surface area contributed by atoms with Gasteiger partial charge in [-0.1, -0.05) is 23.4 Å². The predicted molar refractivity (Wildman–Crippen MR) is 118 cm³/mol. The summed E-state index contributed by atoms with van der Waals surface area (Å²) in [6.07, 6.45) is 2.52. The van der Waals surface area contributed by atoms with Gasteiger partial charge in [0.25, 0.3) is 11.8 Å². The summed E-state index contributed by atoms with van der Waals surface area (Å²) in [7, 11) is 1.64. The van der Waals surface area contributed by atoms with E-state index in [9.17, 15) is 14.7 Å². The first-order chi connectivity index (χ1) is 16.3. The van der Waals surface area contributed by atoms with E-state index in [-0.39, 0.29) is 30.1 Å². The molecule has 3 aromatic rings. The van der Waals surface area contributed by atoms with Crippen LogP contribution in [0.1, 0.15) is 52.9 Å². The Bertz CT molecular complexity index is 1340. The lowest BCUT2D eigenvalue weighted by Crippen LogP contribution is -2.35. The van der Waals surface area contributed by atoms with Gasteiger partial charge in [-0.05, 0) is 18.9 Å². The molecule has 1 unspecified atom stereocenters. The van der Waals surface area contributed by atoms with Gasteiger partial charge in [-0.15, -0.1) is 0 Å². The molecule has 1 aromatic carbocycles. The second-order valence-corrected chi connectivity index (χ2v) is 9.14. The maximum absolute atomic E-state index is 12.4. The Labute approximate surface area is 194 Å². The molecule has 2 fully saturated rings. The number of carbonyl (C=O) groups is 2. The number of nitrogens with two attached hydrogens (primary N) is 1. The zero-order valence-electron chi connectivity index (χ0n) is 18.5. The van der Waals surface area contributed by atoms with Gasteiger partial charge in [0, 0.05) is 49.2 Å². The molecule has 0 aliphatic carbocycles. The van der Waals surface area contributed by atoms with Crippen LogP contribution in [0.15, 0.2) is 34.9 Å². The minimum Gasteiger partial charge on any atom is -0.373 e. The van der Waals surface area contributed by atoms with E-state index in [1.165, 1.54) is 4.90 Å². The third kappa shape index (κ3) is 3.13. The quantitative estimate of drug-likeness (QED) is 0.597. The van der Waals surface area contributed by atoms with Gasteiger partial charge in [0.2, 0.25) is 5.60 Å². The lowest BCUT2D eigenvalue weighted by atomic mass is 9.97. The molecule has 3 aliphatic rings. The average Bonchev–Trinajstić information content (AvgIpc) is 3.55. The van der Waals surface area contributed by atoms with Crippen molar-refractivity contribution in [3.8, 4) is 22.6 Å². The fraction of sp³-hybridized carbons (Fsp3) is 0.375. The summed E-state index contributed by atoms with van der Waals surface area (Å²) >= 11 is 0. The Kier molecular flexibility index (Phi) is 4.58. The summed E-state index contributed by atoms with van der Waals surface area (Å²) in [5.74, 6) is -0.515. The molecule has 2 saturated heterocycles. The van der Waals surface area contributed by atoms with Crippen molar-refractivity contribution in [2.24, 2.45) is 5.73 Å². The van der Waals surface area contributed by atoms with Gasteiger partial charge in [-0.3, -0.25) is 9.59 Å². The lowest BCUT2D eigenvalue weighted by molar-refractivity contribution is -0.144. The number of likely N-dealkylation sites (N-methyl/N-ethyl adjacent to an activating group) is 1. The van der Waals surface area contributed by atoms with Crippen molar-refractivity contribution in [1.29, 1.82) is 0 Å². The molecule has 0 saturated carbocycles. The molecule has 6 rings (SSSR count). The highest BCUT2D eigenvalue weighted by atomic mass is 16.5. The predicted octanol–water partition coefficient (Wildman–Crippen LogP) is 1.72. The number of rotatable bonds is 4. The highest BCUT2D eigenvalue weighted by molar-refractivity contribution is 5.93. The van der Waals surface area contributed by atoms with E-state index in [2.05, 4.69) is 10.1 Å². The highest BCUT2D eigenvalue weighted by Crippen LogP contribution is 2.42. The number of fused-ring (bicyclic) bond motifs is 4. The third-order valence-corrected chi connectivity index (χ3v) is 6.95. The van der Waals surface area contributed by atoms with Crippen molar-refractivity contribution in [2.75, 3.05) is 13.6 Å². The SMILES string of the molecule is CN1CC[C@](O)(c2cc(-c3cccc(-c4nc5c(c(C(N)=O)n4)C4CC[C@@H](C5)O4)c3)no2)C1=O. The number of nitrogens with zero attached hydrogens (tertiary/aromatic N) is 4. The van der Waals surface area contributed by atoms with E-state index in [1.54, 1.807) is 13.1 Å². The molecule has 2 bridgehead atoms. The normalized spacial score (nSPS) is 25.6. The van der Waals surface area contributed by atoms with E-state index in [0.29, 0.717) is 41.2 Å². The number of hydrogen-bond donors (Lipinski definition) is 2. The van der Waals surface area contributed by atoms with E-state index < -0.39 is 17.4 Å². The molecular weight excluding hydrogens is 438 g/mol. The maximum Gasteiger partial charge on any atom is 0.267 e. The molecule has 2 aromatic heterocycles. The maximum atomic E-state index is 12.4. The molecule has 3 N–H and O–H groups in total. The van der Waals surface area contributed by atoms with Crippen LogP contribution in [0.3, 0.4) is 0 Å². The second-order valence-electron chi connectivity index (χ2n) is 9.14. The van der Waals surface area contributed by atoms with Crippen LogP contribution in [0.4, 0.5) is 0 Å². The number of primary amides is 1. The topological polar surface area (TPSA) is 145 Å². The molecule has 3 aliphatic heterocycles. The number of ether oxygens (including phenoxy) is 1. The first kappa shape index (κ1) is 20.9. The van der Waals surface area contributed by atoms with Crippen LogP contribution in [0, 0.1) is 0 Å². The smallest absolute Gasteiger partial charge is 0.267 e. The zero-order chi connectivity index (χ0) is 23.6. The zero-order valence-corrected chi connectivity index (χ0v) is 18.5. The molecule has 2 amide bonds. The summed E-state index contributed by atoms with van der Waals surface area (Å²) in [4.78, 5) is 35.4. The summed E-state index contributed by atoms with van der Waals surface area (Å²) in [6, 6.07) is 8.90. The summed E-state index contributed by atoms with van der Waals surface area (Å²) < 4.78 is 11.3. The van der Waals surface area contributed by atoms with Crippen molar-refractivity contribution < 1.29 is 24.0 Å². The van der Waals surface area contributed by atoms with Gasteiger partial charge in [0.05, 0.1) is 17.9 Å². The number of amides is 2. The van der Waals surface area contributed by atoms with Crippen LogP contribution in [-0.4, -0.2) is 56.6 Å². The summed E-state index contributed by atoms with van der Waals surface area (Å²) in [5, 5.41) is 14.9. The van der Waals surface area contributed by atoms with Gasteiger partial charge in [-0.25, -0.2) is 9.97 Å². The first-order valence-electron chi connectivity index (χ1n) is 11.3. The average molecular weight is 461 g/mol. The Morgan fingerprint density at radius 2 is 2.06 bits per heavy atom. The summed E-state index contributed by atoms with van der Waals surface area (Å²) in [6.45, 7) is 0.436. The van der Waals surface area contributed by atoms with Crippen LogP contribution < -0.4 is 5.73 Å². The van der Waals surface area contributed by atoms with Gasteiger partial charge in [0.15, 0.2) is 11.6 Å². The van der Waals surface area contributed by atoms with Crippen LogP contribution >= 0.6 is 0 Å². The molecule has 10 heteroatoms. The number of benzene rings is 1. The molecule has 0 radical (unpaired) electrons. The Hall–Kier alpha value is -3.63. The lowest BCUT2D eigenvalue weighted by Gasteiger charge is -2.24. The van der Waals surface area contributed by atoms with Gasteiger partial charge < -0.3 is 25.0 Å². The van der Waals surface area contributed by atoms with Gasteiger partial charge in [-0.2, -0.15) is 0 Å². The number of hydrogen-bond acceptors (Lipinski definition) is 8. The minimum atomic E-state index is -1.71. The van der Waals surface area contributed by atoms with Crippen LogP contribution in [0.2, 0.25) is 0 Å². The molecule has 34 heavy (non-hydrogen) atoms. The van der Waals surface area contributed by atoms with E-state index in [0.717, 1.165) is 18.5 Å². The minimum absolute atomic E-state index is 0.101. The van der Waals surface area contributed by atoms with E-state index in [4.69, 9.17) is 20.0 Å². The van der Waals surface area contributed by atoms with Crippen molar-refractivity contribution in [1.82, 2.24) is 20.0 Å². The van der Waals surface area contributed by atoms with Crippen LogP contribution in [0.5, 0.6) is 0 Å². The molecule has 3 atom stereocenters. The van der Waals surface area contributed by atoms with Gasteiger partial charge >= 0.3 is 0 Å². The fourth-order valence-electron chi connectivity index (χ4n) is 5.12. The van der Waals surface area contributed by atoms with E-state index >= 15 is 0 Å². The largest absolute Gasteiger partial charge is 0.373 e. The molecule has 10 nitrogen and oxygen atoms in total. The van der Waals surface area contributed by atoms with Gasteiger partial charge in [0.1, 0.15) is 11.4 Å². The van der Waals surface area contributed by atoms with Crippen molar-refractivity contribution in [2.45, 2.75) is 43.5 Å². The monoisotopic (exact) mass is 461 g/mol.